The normalized spacial score (nSPS) is 10.6. The van der Waals surface area contributed by atoms with Gasteiger partial charge in [0.25, 0.3) is 0 Å². The molecule has 94 valence electrons. The average molecular weight is 253 g/mol. The number of nitrogens with zero attached hydrogens (tertiary/aromatic N) is 3. The highest BCUT2D eigenvalue weighted by atomic mass is 19.2. The van der Waals surface area contributed by atoms with Gasteiger partial charge in [-0.3, -0.25) is 4.79 Å². The smallest absolute Gasteiger partial charge is 0.303 e. The van der Waals surface area contributed by atoms with Crippen LogP contribution in [0.3, 0.4) is 0 Å². The van der Waals surface area contributed by atoms with Gasteiger partial charge < -0.3 is 5.11 Å². The summed E-state index contributed by atoms with van der Waals surface area (Å²) in [5.74, 6) is -2.85. The molecule has 5 nitrogen and oxygen atoms in total. The van der Waals surface area contributed by atoms with Gasteiger partial charge in [-0.2, -0.15) is 0 Å². The van der Waals surface area contributed by atoms with Crippen LogP contribution in [0, 0.1) is 11.6 Å². The molecule has 0 amide bonds. The minimum atomic E-state index is -0.977. The highest BCUT2D eigenvalue weighted by Crippen LogP contribution is 2.12. The lowest BCUT2D eigenvalue weighted by atomic mass is 10.2. The maximum absolute atomic E-state index is 13.0. The van der Waals surface area contributed by atoms with Gasteiger partial charge in [-0.25, -0.2) is 13.5 Å². The van der Waals surface area contributed by atoms with Gasteiger partial charge in [-0.1, -0.05) is 5.21 Å². The summed E-state index contributed by atoms with van der Waals surface area (Å²) in [7, 11) is 0. The van der Waals surface area contributed by atoms with Crippen LogP contribution >= 0.6 is 0 Å². The maximum Gasteiger partial charge on any atom is 0.303 e. The molecule has 0 spiro atoms. The molecule has 0 aliphatic heterocycles. The molecule has 18 heavy (non-hydrogen) atoms. The zero-order valence-electron chi connectivity index (χ0n) is 9.18. The third-order valence-corrected chi connectivity index (χ3v) is 2.30. The highest BCUT2D eigenvalue weighted by molar-refractivity contribution is 5.66. The molecule has 0 unspecified atom stereocenters. The van der Waals surface area contributed by atoms with Crippen molar-refractivity contribution in [1.82, 2.24) is 15.0 Å². The molecule has 0 fully saturated rings. The number of aliphatic carboxylic acids is 1. The minimum absolute atomic E-state index is 0.0591. The first kappa shape index (κ1) is 12.2. The van der Waals surface area contributed by atoms with Crippen LogP contribution in [0.5, 0.6) is 0 Å². The van der Waals surface area contributed by atoms with Crippen molar-refractivity contribution in [3.63, 3.8) is 0 Å². The molecule has 0 saturated heterocycles. The van der Waals surface area contributed by atoms with Crippen LogP contribution in [0.1, 0.15) is 12.1 Å². The molecule has 0 aliphatic rings. The van der Waals surface area contributed by atoms with Crippen LogP contribution < -0.4 is 0 Å². The van der Waals surface area contributed by atoms with Gasteiger partial charge in [0.2, 0.25) is 0 Å². The van der Waals surface area contributed by atoms with E-state index in [1.165, 1.54) is 16.9 Å². The fraction of sp³-hybridized carbons (Fsp3) is 0.182. The molecule has 7 heteroatoms. The quantitative estimate of drug-likeness (QED) is 0.897. The lowest BCUT2D eigenvalue weighted by Crippen LogP contribution is -1.97. The second-order valence-electron chi connectivity index (χ2n) is 3.65. The largest absolute Gasteiger partial charge is 0.481 e. The molecule has 0 bridgehead atoms. The number of benzene rings is 1. The summed E-state index contributed by atoms with van der Waals surface area (Å²) in [6.45, 7) is 0. The monoisotopic (exact) mass is 253 g/mol. The first-order valence-corrected chi connectivity index (χ1v) is 5.14. The van der Waals surface area contributed by atoms with Crippen LogP contribution in [0.4, 0.5) is 8.78 Å². The molecular formula is C11H9F2N3O2. The van der Waals surface area contributed by atoms with Crippen LogP contribution in [0.15, 0.2) is 24.4 Å². The standard InChI is InChI=1S/C11H9F2N3O2/c12-9-3-2-8(5-10(9)13)16-6-7(14-15-16)1-4-11(17)18/h2-3,5-6H,1,4H2,(H,17,18). The molecule has 1 aromatic carbocycles. The van der Waals surface area contributed by atoms with Gasteiger partial charge >= 0.3 is 5.97 Å². The number of aromatic nitrogens is 3. The Bertz CT molecular complexity index is 583. The first-order chi connectivity index (χ1) is 8.56. The second-order valence-corrected chi connectivity index (χ2v) is 3.65. The van der Waals surface area contributed by atoms with E-state index < -0.39 is 17.6 Å². The van der Waals surface area contributed by atoms with E-state index in [1.54, 1.807) is 0 Å². The second kappa shape index (κ2) is 4.91. The molecule has 0 atom stereocenters. The van der Waals surface area contributed by atoms with Gasteiger partial charge in [0, 0.05) is 12.5 Å². The number of halogens is 2. The Morgan fingerprint density at radius 1 is 1.33 bits per heavy atom. The van der Waals surface area contributed by atoms with Crippen molar-refractivity contribution < 1.29 is 18.7 Å². The molecule has 0 radical (unpaired) electrons. The third-order valence-electron chi connectivity index (χ3n) is 2.30. The maximum atomic E-state index is 13.0. The van der Waals surface area contributed by atoms with E-state index in [9.17, 15) is 13.6 Å². The van der Waals surface area contributed by atoms with E-state index in [2.05, 4.69) is 10.3 Å². The number of carboxylic acid groups (broad SMARTS) is 1. The molecule has 2 aromatic rings. The van der Waals surface area contributed by atoms with Crippen molar-refractivity contribution in [1.29, 1.82) is 0 Å². The van der Waals surface area contributed by atoms with Crippen molar-refractivity contribution in [2.75, 3.05) is 0 Å². The number of carboxylic acids is 1. The number of aryl methyl sites for hydroxylation is 1. The van der Waals surface area contributed by atoms with E-state index in [0.717, 1.165) is 12.1 Å². The summed E-state index contributed by atoms with van der Waals surface area (Å²) in [6, 6.07) is 3.34. The summed E-state index contributed by atoms with van der Waals surface area (Å²) in [4.78, 5) is 10.4. The lowest BCUT2D eigenvalue weighted by Gasteiger charge is -2.00. The van der Waals surface area contributed by atoms with Crippen LogP contribution in [-0.2, 0) is 11.2 Å². The number of hydrogen-bond donors (Lipinski definition) is 1. The predicted octanol–water partition coefficient (Wildman–Crippen LogP) is 1.56. The number of rotatable bonds is 4. The summed E-state index contributed by atoms with van der Waals surface area (Å²) >= 11 is 0. The Labute approximate surface area is 101 Å². The van der Waals surface area contributed by atoms with Crippen molar-refractivity contribution in [2.24, 2.45) is 0 Å². The number of hydrogen-bond acceptors (Lipinski definition) is 3. The van der Waals surface area contributed by atoms with Crippen LogP contribution in [0.2, 0.25) is 0 Å². The predicted molar refractivity (Wildman–Crippen MR) is 57.2 cm³/mol. The van der Waals surface area contributed by atoms with Gasteiger partial charge in [0.1, 0.15) is 0 Å². The molecule has 0 aliphatic carbocycles. The molecule has 0 saturated carbocycles. The molecular weight excluding hydrogens is 244 g/mol. The van der Waals surface area contributed by atoms with E-state index in [-0.39, 0.29) is 12.8 Å². The van der Waals surface area contributed by atoms with Crippen molar-refractivity contribution in [2.45, 2.75) is 12.8 Å². The SMILES string of the molecule is O=C(O)CCc1cn(-c2ccc(F)c(F)c2)nn1. The number of carbonyl (C=O) groups is 1. The van der Waals surface area contributed by atoms with Crippen molar-refractivity contribution >= 4 is 5.97 Å². The van der Waals surface area contributed by atoms with E-state index >= 15 is 0 Å². The Hall–Kier alpha value is -2.31. The topological polar surface area (TPSA) is 68.0 Å². The fourth-order valence-electron chi connectivity index (χ4n) is 1.40. The fourth-order valence-corrected chi connectivity index (χ4v) is 1.40. The lowest BCUT2D eigenvalue weighted by molar-refractivity contribution is -0.136. The average Bonchev–Trinajstić information content (AvgIpc) is 2.79. The molecule has 1 aromatic heterocycles. The van der Waals surface area contributed by atoms with Crippen molar-refractivity contribution in [3.8, 4) is 5.69 Å². The summed E-state index contributed by atoms with van der Waals surface area (Å²) in [5.41, 5.74) is 0.796. The Balaban J connectivity index is 2.18. The van der Waals surface area contributed by atoms with Crippen LogP contribution in [-0.4, -0.2) is 26.1 Å². The Kier molecular flexibility index (Phi) is 3.31. The summed E-state index contributed by atoms with van der Waals surface area (Å²) < 4.78 is 27.0. The van der Waals surface area contributed by atoms with Gasteiger partial charge in [-0.15, -0.1) is 5.10 Å². The molecule has 2 rings (SSSR count). The molecule has 1 heterocycles. The van der Waals surface area contributed by atoms with Gasteiger partial charge in [-0.05, 0) is 12.1 Å². The van der Waals surface area contributed by atoms with Crippen LogP contribution in [0.25, 0.3) is 5.69 Å². The van der Waals surface area contributed by atoms with Gasteiger partial charge in [0.15, 0.2) is 11.6 Å². The third kappa shape index (κ3) is 2.68. The summed E-state index contributed by atoms with van der Waals surface area (Å²) in [5, 5.41) is 16.0. The minimum Gasteiger partial charge on any atom is -0.481 e. The Morgan fingerprint density at radius 3 is 2.78 bits per heavy atom. The summed E-state index contributed by atoms with van der Waals surface area (Å²) in [6.07, 6.45) is 1.66. The van der Waals surface area contributed by atoms with Crippen molar-refractivity contribution in [3.05, 3.63) is 41.7 Å². The first-order valence-electron chi connectivity index (χ1n) is 5.14. The van der Waals surface area contributed by atoms with E-state index in [0.29, 0.717) is 11.4 Å². The van der Waals surface area contributed by atoms with E-state index in [1.807, 2.05) is 0 Å². The highest BCUT2D eigenvalue weighted by Gasteiger charge is 2.08. The van der Waals surface area contributed by atoms with E-state index in [4.69, 9.17) is 5.11 Å². The zero-order chi connectivity index (χ0) is 13.1. The molecule has 1 N–H and O–H groups in total. The Morgan fingerprint density at radius 2 is 2.11 bits per heavy atom. The van der Waals surface area contributed by atoms with Gasteiger partial charge in [0.05, 0.1) is 24.0 Å². The zero-order valence-corrected chi connectivity index (χ0v) is 9.18.